The lowest BCUT2D eigenvalue weighted by Crippen LogP contribution is -2.29. The SMILES string of the molecule is CCCCCOc1ccc(C2/C(=C(/O)c3ccc4c(c3)CC(C)O4)C(=O)C(=O)N2c2nc3ccc(OC)cc3s2)cc1OC. The highest BCUT2D eigenvalue weighted by atomic mass is 32.1. The van der Waals surface area contributed by atoms with Gasteiger partial charge in [0.15, 0.2) is 16.6 Å². The Hall–Kier alpha value is -4.57. The van der Waals surface area contributed by atoms with Crippen molar-refractivity contribution in [3.8, 4) is 23.0 Å². The average molecular weight is 615 g/mol. The van der Waals surface area contributed by atoms with E-state index in [2.05, 4.69) is 6.92 Å². The summed E-state index contributed by atoms with van der Waals surface area (Å²) >= 11 is 1.27. The molecule has 1 amide bonds. The van der Waals surface area contributed by atoms with Crippen molar-refractivity contribution >= 4 is 44.1 Å². The Kier molecular flexibility index (Phi) is 8.18. The Labute approximate surface area is 259 Å². The molecule has 228 valence electrons. The highest BCUT2D eigenvalue weighted by Gasteiger charge is 2.48. The molecule has 2 atom stereocenters. The molecule has 1 N–H and O–H groups in total. The number of rotatable bonds is 10. The van der Waals surface area contributed by atoms with Crippen molar-refractivity contribution in [1.82, 2.24) is 4.98 Å². The summed E-state index contributed by atoms with van der Waals surface area (Å²) in [4.78, 5) is 33.6. The summed E-state index contributed by atoms with van der Waals surface area (Å²) in [6.45, 7) is 4.64. The Balaban J connectivity index is 1.48. The summed E-state index contributed by atoms with van der Waals surface area (Å²) in [6.07, 6.45) is 3.74. The molecule has 0 saturated carbocycles. The van der Waals surface area contributed by atoms with Crippen molar-refractivity contribution in [2.45, 2.75) is 51.7 Å². The molecule has 2 aliphatic rings. The maximum Gasteiger partial charge on any atom is 0.301 e. The molecule has 10 heteroatoms. The topological polar surface area (TPSA) is 107 Å². The number of carbonyl (C=O) groups is 2. The largest absolute Gasteiger partial charge is 0.507 e. The fraction of sp³-hybridized carbons (Fsp3) is 0.324. The minimum atomic E-state index is -0.969. The standard InChI is InChI=1S/C34H34N2O7S/c1-5-6-7-14-42-26-13-8-20(17-27(26)41-4)30-29(31(37)21-9-12-25-22(16-21)15-19(2)43-25)32(38)33(39)36(30)34-35-24-11-10-23(40-3)18-28(24)44-34/h8-13,16-19,30,37H,5-7,14-15H2,1-4H3/b31-29-. The zero-order valence-electron chi connectivity index (χ0n) is 25.1. The van der Waals surface area contributed by atoms with Crippen LogP contribution >= 0.6 is 11.3 Å². The number of methoxy groups -OCH3 is 2. The molecule has 0 bridgehead atoms. The number of nitrogens with zero attached hydrogens (tertiary/aromatic N) is 2. The van der Waals surface area contributed by atoms with Gasteiger partial charge < -0.3 is 24.1 Å². The predicted octanol–water partition coefficient (Wildman–Crippen LogP) is 6.83. The van der Waals surface area contributed by atoms with Gasteiger partial charge in [0.2, 0.25) is 0 Å². The lowest BCUT2D eigenvalue weighted by atomic mass is 9.94. The van der Waals surface area contributed by atoms with Gasteiger partial charge in [-0.25, -0.2) is 4.98 Å². The van der Waals surface area contributed by atoms with E-state index in [1.54, 1.807) is 56.7 Å². The lowest BCUT2D eigenvalue weighted by Gasteiger charge is -2.24. The summed E-state index contributed by atoms with van der Waals surface area (Å²) in [5.41, 5.74) is 2.56. The number of amides is 1. The number of hydrogen-bond donors (Lipinski definition) is 1. The molecule has 0 radical (unpaired) electrons. The van der Waals surface area contributed by atoms with Crippen LogP contribution in [0.1, 0.15) is 55.8 Å². The number of anilines is 1. The summed E-state index contributed by atoms with van der Waals surface area (Å²) in [5, 5.41) is 12.0. The van der Waals surface area contributed by atoms with Crippen molar-refractivity contribution < 1.29 is 33.6 Å². The third-order valence-electron chi connectivity index (χ3n) is 7.91. The number of unbranched alkanes of at least 4 members (excludes halogenated alkanes) is 2. The van der Waals surface area contributed by atoms with E-state index in [1.807, 2.05) is 19.1 Å². The molecule has 1 fully saturated rings. The quantitative estimate of drug-likeness (QED) is 0.0896. The molecule has 1 saturated heterocycles. The van der Waals surface area contributed by atoms with Crippen LogP contribution in [0.15, 0.2) is 60.2 Å². The van der Waals surface area contributed by atoms with Crippen molar-refractivity contribution in [1.29, 1.82) is 0 Å². The van der Waals surface area contributed by atoms with Gasteiger partial charge in [-0.2, -0.15) is 0 Å². The maximum absolute atomic E-state index is 13.8. The Morgan fingerprint density at radius 1 is 1.05 bits per heavy atom. The van der Waals surface area contributed by atoms with E-state index in [-0.39, 0.29) is 17.4 Å². The van der Waals surface area contributed by atoms with E-state index in [1.165, 1.54) is 16.2 Å². The molecule has 9 nitrogen and oxygen atoms in total. The zero-order valence-corrected chi connectivity index (χ0v) is 25.9. The highest BCUT2D eigenvalue weighted by Crippen LogP contribution is 2.46. The zero-order chi connectivity index (χ0) is 31.0. The van der Waals surface area contributed by atoms with Gasteiger partial charge in [-0.3, -0.25) is 14.5 Å². The number of fused-ring (bicyclic) bond motifs is 2. The second-order valence-electron chi connectivity index (χ2n) is 10.9. The van der Waals surface area contributed by atoms with Crippen molar-refractivity contribution in [3.05, 3.63) is 76.9 Å². The van der Waals surface area contributed by atoms with E-state index in [0.717, 1.165) is 35.3 Å². The van der Waals surface area contributed by atoms with Crippen LogP contribution in [0.5, 0.6) is 23.0 Å². The number of aliphatic hydroxyl groups excluding tert-OH is 1. The molecule has 1 aromatic heterocycles. The minimum Gasteiger partial charge on any atom is -0.507 e. The van der Waals surface area contributed by atoms with Crippen LogP contribution in [0.4, 0.5) is 5.13 Å². The Morgan fingerprint density at radius 2 is 1.89 bits per heavy atom. The number of thiazole rings is 1. The number of aromatic nitrogens is 1. The van der Waals surface area contributed by atoms with Gasteiger partial charge in [0.1, 0.15) is 23.4 Å². The first kappa shape index (κ1) is 29.5. The molecule has 6 rings (SSSR count). The normalized spacial score (nSPS) is 18.9. The number of Topliss-reactive ketones (excluding diaryl/α,β-unsaturated/α-hetero) is 1. The van der Waals surface area contributed by atoms with E-state index in [9.17, 15) is 14.7 Å². The van der Waals surface area contributed by atoms with Crippen LogP contribution < -0.4 is 23.8 Å². The molecular formula is C34H34N2O7S. The van der Waals surface area contributed by atoms with Gasteiger partial charge in [-0.05, 0) is 73.0 Å². The van der Waals surface area contributed by atoms with Crippen molar-refractivity contribution in [3.63, 3.8) is 0 Å². The van der Waals surface area contributed by atoms with E-state index in [0.29, 0.717) is 52.1 Å². The van der Waals surface area contributed by atoms with Crippen LogP contribution in [0, 0.1) is 0 Å². The smallest absolute Gasteiger partial charge is 0.301 e. The first-order chi connectivity index (χ1) is 21.3. The summed E-state index contributed by atoms with van der Waals surface area (Å²) < 4.78 is 23.7. The van der Waals surface area contributed by atoms with Gasteiger partial charge >= 0.3 is 5.91 Å². The molecule has 2 unspecified atom stereocenters. The second-order valence-corrected chi connectivity index (χ2v) is 11.9. The number of hydrogen-bond acceptors (Lipinski definition) is 9. The minimum absolute atomic E-state index is 0.0146. The van der Waals surface area contributed by atoms with Gasteiger partial charge in [0.25, 0.3) is 5.78 Å². The summed E-state index contributed by atoms with van der Waals surface area (Å²) in [7, 11) is 3.13. The van der Waals surface area contributed by atoms with Gasteiger partial charge in [-0.15, -0.1) is 0 Å². The van der Waals surface area contributed by atoms with E-state index in [4.69, 9.17) is 23.9 Å². The van der Waals surface area contributed by atoms with Crippen LogP contribution in [-0.2, 0) is 16.0 Å². The number of aliphatic hydroxyl groups is 1. The fourth-order valence-corrected chi connectivity index (χ4v) is 6.72. The van der Waals surface area contributed by atoms with Crippen LogP contribution in [0.2, 0.25) is 0 Å². The number of ether oxygens (including phenoxy) is 4. The van der Waals surface area contributed by atoms with Crippen LogP contribution in [0.25, 0.3) is 16.0 Å². The highest BCUT2D eigenvalue weighted by molar-refractivity contribution is 7.22. The Bertz CT molecular complexity index is 1780. The van der Waals surface area contributed by atoms with Gasteiger partial charge in [-0.1, -0.05) is 37.2 Å². The number of carbonyl (C=O) groups excluding carboxylic acids is 2. The van der Waals surface area contributed by atoms with Gasteiger partial charge in [0, 0.05) is 12.0 Å². The second kappa shape index (κ2) is 12.2. The molecule has 0 spiro atoms. The predicted molar refractivity (Wildman–Crippen MR) is 169 cm³/mol. The van der Waals surface area contributed by atoms with Crippen LogP contribution in [-0.4, -0.2) is 48.7 Å². The summed E-state index contributed by atoms with van der Waals surface area (Å²) in [5.74, 6) is 0.579. The number of benzene rings is 3. The van der Waals surface area contributed by atoms with Crippen molar-refractivity contribution in [2.75, 3.05) is 25.7 Å². The number of ketones is 1. The first-order valence-electron chi connectivity index (χ1n) is 14.7. The monoisotopic (exact) mass is 614 g/mol. The van der Waals surface area contributed by atoms with E-state index < -0.39 is 17.7 Å². The third-order valence-corrected chi connectivity index (χ3v) is 8.93. The molecule has 3 heterocycles. The molecule has 0 aliphatic carbocycles. The van der Waals surface area contributed by atoms with Gasteiger partial charge in [0.05, 0.1) is 42.7 Å². The fourth-order valence-electron chi connectivity index (χ4n) is 5.70. The molecule has 2 aliphatic heterocycles. The molecule has 44 heavy (non-hydrogen) atoms. The molecule has 3 aromatic carbocycles. The average Bonchev–Trinajstić information content (AvgIpc) is 3.70. The Morgan fingerprint density at radius 3 is 2.66 bits per heavy atom. The first-order valence-corrected chi connectivity index (χ1v) is 15.5. The molecular weight excluding hydrogens is 580 g/mol. The van der Waals surface area contributed by atoms with E-state index >= 15 is 0 Å². The summed E-state index contributed by atoms with van der Waals surface area (Å²) in [6, 6.07) is 15.1. The molecule has 4 aromatic rings. The maximum atomic E-state index is 13.8. The van der Waals surface area contributed by atoms with Crippen molar-refractivity contribution in [2.24, 2.45) is 0 Å². The lowest BCUT2D eigenvalue weighted by molar-refractivity contribution is -0.132. The van der Waals surface area contributed by atoms with Crippen LogP contribution in [0.3, 0.4) is 0 Å². The third kappa shape index (κ3) is 5.34.